The number of aryl methyl sites for hydroxylation is 1. The molecule has 0 fully saturated rings. The van der Waals surface area contributed by atoms with Gasteiger partial charge in [-0.2, -0.15) is 0 Å². The molecule has 15 heavy (non-hydrogen) atoms. The molecule has 0 amide bonds. The van der Waals surface area contributed by atoms with Crippen LogP contribution in [0.3, 0.4) is 0 Å². The van der Waals surface area contributed by atoms with Crippen molar-refractivity contribution in [1.29, 1.82) is 0 Å². The minimum absolute atomic E-state index is 1.01. The van der Waals surface area contributed by atoms with E-state index < -0.39 is 0 Å². The Morgan fingerprint density at radius 2 is 2.20 bits per heavy atom. The third-order valence-electron chi connectivity index (χ3n) is 2.71. The van der Waals surface area contributed by atoms with E-state index in [1.54, 1.807) is 0 Å². The van der Waals surface area contributed by atoms with Gasteiger partial charge in [0.1, 0.15) is 0 Å². The molecule has 0 unspecified atom stereocenters. The molecule has 1 heterocycles. The molecule has 0 aliphatic heterocycles. The van der Waals surface area contributed by atoms with E-state index in [1.807, 2.05) is 7.05 Å². The molecule has 1 aromatic carbocycles. The highest BCUT2D eigenvalue weighted by Crippen LogP contribution is 2.25. The zero-order valence-corrected chi connectivity index (χ0v) is 10.6. The van der Waals surface area contributed by atoms with Gasteiger partial charge in [0.25, 0.3) is 0 Å². The summed E-state index contributed by atoms with van der Waals surface area (Å²) in [6, 6.07) is 6.37. The summed E-state index contributed by atoms with van der Waals surface area (Å²) in [6.07, 6.45) is 1.07. The van der Waals surface area contributed by atoms with E-state index in [-0.39, 0.29) is 0 Å². The van der Waals surface area contributed by atoms with Gasteiger partial charge < -0.3 is 10.3 Å². The van der Waals surface area contributed by atoms with Gasteiger partial charge >= 0.3 is 0 Å². The summed E-state index contributed by atoms with van der Waals surface area (Å²) in [5, 5.41) is 4.52. The van der Waals surface area contributed by atoms with Gasteiger partial charge in [0, 0.05) is 21.1 Å². The maximum absolute atomic E-state index is 3.51. The normalized spacial score (nSPS) is 11.1. The molecule has 0 radical (unpaired) electrons. The highest BCUT2D eigenvalue weighted by Gasteiger charge is 2.07. The number of hydrogen-bond donors (Lipinski definition) is 2. The number of aromatic nitrogens is 1. The van der Waals surface area contributed by atoms with Crippen molar-refractivity contribution >= 4 is 26.8 Å². The number of H-pyrrole nitrogens is 1. The Morgan fingerprint density at radius 1 is 1.40 bits per heavy atom. The molecule has 0 saturated heterocycles. The molecule has 2 nitrogen and oxygen atoms in total. The molecular weight excluding hydrogens is 252 g/mol. The third-order valence-corrected chi connectivity index (χ3v) is 3.20. The number of halogens is 1. The summed E-state index contributed by atoms with van der Waals surface area (Å²) in [5.41, 5.74) is 3.92. The van der Waals surface area contributed by atoms with Crippen LogP contribution in [0.2, 0.25) is 0 Å². The second kappa shape index (κ2) is 4.37. The second-order valence-corrected chi connectivity index (χ2v) is 4.69. The fourth-order valence-electron chi connectivity index (χ4n) is 1.93. The number of benzene rings is 1. The number of likely N-dealkylation sites (N-methyl/N-ethyl adjacent to an activating group) is 1. The summed E-state index contributed by atoms with van der Waals surface area (Å²) >= 11 is 3.51. The van der Waals surface area contributed by atoms with Crippen molar-refractivity contribution in [2.45, 2.75) is 13.3 Å². The average Bonchev–Trinajstić information content (AvgIpc) is 2.51. The zero-order chi connectivity index (χ0) is 10.8. The van der Waals surface area contributed by atoms with Crippen LogP contribution in [0, 0.1) is 6.92 Å². The van der Waals surface area contributed by atoms with Crippen molar-refractivity contribution in [2.75, 3.05) is 13.6 Å². The fourth-order valence-corrected chi connectivity index (χ4v) is 2.29. The van der Waals surface area contributed by atoms with Gasteiger partial charge in [-0.3, -0.25) is 0 Å². The summed E-state index contributed by atoms with van der Waals surface area (Å²) in [4.78, 5) is 3.41. The first kappa shape index (κ1) is 10.7. The minimum Gasteiger partial charge on any atom is -0.358 e. The Kier molecular flexibility index (Phi) is 3.12. The molecule has 2 N–H and O–H groups in total. The van der Waals surface area contributed by atoms with E-state index >= 15 is 0 Å². The van der Waals surface area contributed by atoms with Crippen LogP contribution < -0.4 is 5.32 Å². The molecule has 2 aromatic rings. The van der Waals surface area contributed by atoms with Gasteiger partial charge in [-0.15, -0.1) is 0 Å². The number of fused-ring (bicyclic) bond motifs is 1. The van der Waals surface area contributed by atoms with Crippen LogP contribution in [0.5, 0.6) is 0 Å². The first-order valence-electron chi connectivity index (χ1n) is 5.13. The lowest BCUT2D eigenvalue weighted by Crippen LogP contribution is -2.10. The number of nitrogens with one attached hydrogen (secondary N) is 2. The largest absolute Gasteiger partial charge is 0.358 e. The van der Waals surface area contributed by atoms with Gasteiger partial charge in [0.2, 0.25) is 0 Å². The monoisotopic (exact) mass is 266 g/mol. The quantitative estimate of drug-likeness (QED) is 0.879. The molecular formula is C12H15BrN2. The second-order valence-electron chi connectivity index (χ2n) is 3.77. The summed E-state index contributed by atoms with van der Waals surface area (Å²) in [7, 11) is 1.99. The van der Waals surface area contributed by atoms with Crippen LogP contribution in [-0.4, -0.2) is 18.6 Å². The first-order valence-corrected chi connectivity index (χ1v) is 5.93. The van der Waals surface area contributed by atoms with Crippen molar-refractivity contribution in [3.63, 3.8) is 0 Å². The summed E-state index contributed by atoms with van der Waals surface area (Å²) < 4.78 is 1.14. The van der Waals surface area contributed by atoms with Crippen LogP contribution in [0.25, 0.3) is 10.9 Å². The molecule has 0 spiro atoms. The predicted molar refractivity (Wildman–Crippen MR) is 68.4 cm³/mol. The Balaban J connectivity index is 2.50. The van der Waals surface area contributed by atoms with E-state index in [4.69, 9.17) is 0 Å². The highest BCUT2D eigenvalue weighted by atomic mass is 79.9. The topological polar surface area (TPSA) is 27.8 Å². The molecule has 0 saturated carbocycles. The van der Waals surface area contributed by atoms with Crippen LogP contribution in [0.4, 0.5) is 0 Å². The Hall–Kier alpha value is -0.800. The van der Waals surface area contributed by atoms with Crippen LogP contribution in [-0.2, 0) is 6.42 Å². The number of hydrogen-bond acceptors (Lipinski definition) is 1. The van der Waals surface area contributed by atoms with Gasteiger partial charge in [-0.25, -0.2) is 0 Å². The Morgan fingerprint density at radius 3 is 2.93 bits per heavy atom. The van der Waals surface area contributed by atoms with Crippen LogP contribution >= 0.6 is 15.9 Å². The highest BCUT2D eigenvalue weighted by molar-refractivity contribution is 9.10. The van der Waals surface area contributed by atoms with Gasteiger partial charge in [-0.1, -0.05) is 15.9 Å². The molecule has 3 heteroatoms. The van der Waals surface area contributed by atoms with E-state index in [9.17, 15) is 0 Å². The molecule has 0 atom stereocenters. The lowest BCUT2D eigenvalue weighted by atomic mass is 10.1. The SMILES string of the molecule is CNCCc1c(C)[nH]c2ccc(Br)cc12. The van der Waals surface area contributed by atoms with Gasteiger partial charge in [0.05, 0.1) is 0 Å². The molecule has 1 aromatic heterocycles. The average molecular weight is 267 g/mol. The lowest BCUT2D eigenvalue weighted by Gasteiger charge is -2.00. The standard InChI is InChI=1S/C12H15BrN2/c1-8-10(5-6-14-2)11-7-9(13)3-4-12(11)15-8/h3-4,7,14-15H,5-6H2,1-2H3. The van der Waals surface area contributed by atoms with E-state index in [0.29, 0.717) is 0 Å². The number of rotatable bonds is 3. The molecule has 0 aliphatic rings. The maximum atomic E-state index is 3.51. The van der Waals surface area contributed by atoms with Gasteiger partial charge in [0.15, 0.2) is 0 Å². The maximum Gasteiger partial charge on any atom is 0.0459 e. The minimum atomic E-state index is 1.01. The molecule has 0 bridgehead atoms. The van der Waals surface area contributed by atoms with Crippen molar-refractivity contribution in [3.05, 3.63) is 33.9 Å². The number of aromatic amines is 1. The first-order chi connectivity index (χ1) is 7.22. The predicted octanol–water partition coefficient (Wildman–Crippen LogP) is 3.00. The van der Waals surface area contributed by atoms with E-state index in [0.717, 1.165) is 17.4 Å². The molecule has 2 rings (SSSR count). The third kappa shape index (κ3) is 2.08. The van der Waals surface area contributed by atoms with E-state index in [2.05, 4.69) is 51.4 Å². The van der Waals surface area contributed by atoms with Crippen LogP contribution in [0.1, 0.15) is 11.3 Å². The molecule has 0 aliphatic carbocycles. The lowest BCUT2D eigenvalue weighted by molar-refractivity contribution is 0.791. The Labute approximate surface area is 98.2 Å². The zero-order valence-electron chi connectivity index (χ0n) is 9.02. The summed E-state index contributed by atoms with van der Waals surface area (Å²) in [5.74, 6) is 0. The van der Waals surface area contributed by atoms with Crippen molar-refractivity contribution < 1.29 is 0 Å². The van der Waals surface area contributed by atoms with Gasteiger partial charge in [-0.05, 0) is 50.7 Å². The Bertz CT molecular complexity index is 474. The van der Waals surface area contributed by atoms with E-state index in [1.165, 1.54) is 22.2 Å². The fraction of sp³-hybridized carbons (Fsp3) is 0.333. The van der Waals surface area contributed by atoms with Crippen molar-refractivity contribution in [1.82, 2.24) is 10.3 Å². The van der Waals surface area contributed by atoms with Crippen LogP contribution in [0.15, 0.2) is 22.7 Å². The molecule has 80 valence electrons. The van der Waals surface area contributed by atoms with Crippen molar-refractivity contribution in [2.24, 2.45) is 0 Å². The smallest absolute Gasteiger partial charge is 0.0459 e. The van der Waals surface area contributed by atoms with Crippen molar-refractivity contribution in [3.8, 4) is 0 Å². The summed E-state index contributed by atoms with van der Waals surface area (Å²) in [6.45, 7) is 3.15.